The molecule has 0 spiro atoms. The number of benzene rings is 1. The lowest BCUT2D eigenvalue weighted by Gasteiger charge is -2.30. The van der Waals surface area contributed by atoms with Gasteiger partial charge in [-0.1, -0.05) is 24.1 Å². The maximum Gasteiger partial charge on any atom is 0.0662 e. The number of aryl methyl sites for hydroxylation is 1. The third kappa shape index (κ3) is 2.99. The molecule has 1 aliphatic carbocycles. The summed E-state index contributed by atoms with van der Waals surface area (Å²) in [6.07, 6.45) is 3.63. The van der Waals surface area contributed by atoms with E-state index in [2.05, 4.69) is 31.2 Å². The zero-order valence-corrected chi connectivity index (χ0v) is 9.96. The van der Waals surface area contributed by atoms with E-state index in [9.17, 15) is 5.11 Å². The second-order valence-electron chi connectivity index (χ2n) is 4.39. The molecule has 1 atom stereocenters. The Morgan fingerprint density at radius 2 is 2.27 bits per heavy atom. The third-order valence-electron chi connectivity index (χ3n) is 3.10. The first-order chi connectivity index (χ1) is 7.25. The Morgan fingerprint density at radius 3 is 2.87 bits per heavy atom. The first-order valence-corrected chi connectivity index (χ1v) is 6.62. The van der Waals surface area contributed by atoms with Crippen molar-refractivity contribution in [2.45, 2.75) is 37.2 Å². The van der Waals surface area contributed by atoms with Crippen molar-refractivity contribution in [2.75, 3.05) is 5.75 Å². The predicted octanol–water partition coefficient (Wildman–Crippen LogP) is 3.25. The fraction of sp³-hybridized carbons (Fsp3) is 0.538. The summed E-state index contributed by atoms with van der Waals surface area (Å²) in [7, 11) is 0. The summed E-state index contributed by atoms with van der Waals surface area (Å²) in [5, 5.41) is 9.88. The Hall–Kier alpha value is -0.470. The van der Waals surface area contributed by atoms with Crippen molar-refractivity contribution in [3.63, 3.8) is 0 Å². The molecule has 0 bridgehead atoms. The predicted molar refractivity (Wildman–Crippen MR) is 65.3 cm³/mol. The van der Waals surface area contributed by atoms with Crippen LogP contribution >= 0.6 is 11.8 Å². The van der Waals surface area contributed by atoms with Crippen molar-refractivity contribution >= 4 is 11.8 Å². The van der Waals surface area contributed by atoms with Gasteiger partial charge in [0.25, 0.3) is 0 Å². The molecule has 0 heterocycles. The van der Waals surface area contributed by atoms with Crippen LogP contribution in [0.5, 0.6) is 0 Å². The van der Waals surface area contributed by atoms with Crippen molar-refractivity contribution in [2.24, 2.45) is 5.92 Å². The van der Waals surface area contributed by atoms with E-state index in [4.69, 9.17) is 0 Å². The van der Waals surface area contributed by atoms with Gasteiger partial charge >= 0.3 is 0 Å². The van der Waals surface area contributed by atoms with Gasteiger partial charge in [0.15, 0.2) is 0 Å². The summed E-state index contributed by atoms with van der Waals surface area (Å²) >= 11 is 1.77. The van der Waals surface area contributed by atoms with E-state index in [1.807, 2.05) is 0 Å². The van der Waals surface area contributed by atoms with E-state index in [0.717, 1.165) is 5.75 Å². The van der Waals surface area contributed by atoms with Crippen molar-refractivity contribution < 1.29 is 5.11 Å². The number of hydrogen-bond acceptors (Lipinski definition) is 2. The van der Waals surface area contributed by atoms with E-state index >= 15 is 0 Å². The Kier molecular flexibility index (Phi) is 3.71. The van der Waals surface area contributed by atoms with Crippen LogP contribution in [-0.4, -0.2) is 17.0 Å². The first kappa shape index (κ1) is 11.0. The molecular weight excluding hydrogens is 204 g/mol. The van der Waals surface area contributed by atoms with Gasteiger partial charge in [0.05, 0.1) is 6.10 Å². The Labute approximate surface area is 95.9 Å². The minimum atomic E-state index is -0.107. The van der Waals surface area contributed by atoms with Crippen LogP contribution in [0.1, 0.15) is 24.8 Å². The molecule has 0 radical (unpaired) electrons. The monoisotopic (exact) mass is 222 g/mol. The highest BCUT2D eigenvalue weighted by Gasteiger charge is 2.25. The molecule has 1 fully saturated rings. The molecule has 15 heavy (non-hydrogen) atoms. The van der Waals surface area contributed by atoms with Crippen LogP contribution in [0, 0.1) is 12.8 Å². The average Bonchev–Trinajstić information content (AvgIpc) is 2.12. The smallest absolute Gasteiger partial charge is 0.0662 e. The number of hydrogen-bond donors (Lipinski definition) is 1. The van der Waals surface area contributed by atoms with E-state index < -0.39 is 0 Å². The summed E-state index contributed by atoms with van der Waals surface area (Å²) in [5.41, 5.74) is 1.29. The second kappa shape index (κ2) is 5.04. The van der Waals surface area contributed by atoms with Crippen LogP contribution in [0.25, 0.3) is 0 Å². The molecule has 0 saturated heterocycles. The summed E-state index contributed by atoms with van der Waals surface area (Å²) in [4.78, 5) is 1.27. The zero-order chi connectivity index (χ0) is 10.7. The van der Waals surface area contributed by atoms with Gasteiger partial charge in [-0.25, -0.2) is 0 Å². The van der Waals surface area contributed by atoms with Crippen LogP contribution < -0.4 is 0 Å². The summed E-state index contributed by atoms with van der Waals surface area (Å²) < 4.78 is 0. The van der Waals surface area contributed by atoms with Gasteiger partial charge in [-0.15, -0.1) is 11.8 Å². The van der Waals surface area contributed by atoms with E-state index in [0.29, 0.717) is 5.92 Å². The quantitative estimate of drug-likeness (QED) is 0.789. The highest BCUT2D eigenvalue weighted by Crippen LogP contribution is 2.32. The lowest BCUT2D eigenvalue weighted by molar-refractivity contribution is 0.0817. The topological polar surface area (TPSA) is 20.2 Å². The molecule has 1 unspecified atom stereocenters. The minimum absolute atomic E-state index is 0.107. The molecule has 2 rings (SSSR count). The van der Waals surface area contributed by atoms with Crippen LogP contribution in [0.3, 0.4) is 0 Å². The highest BCUT2D eigenvalue weighted by molar-refractivity contribution is 7.99. The summed E-state index contributed by atoms with van der Waals surface area (Å²) in [6.45, 7) is 2.10. The van der Waals surface area contributed by atoms with Crippen LogP contribution in [0.4, 0.5) is 0 Å². The van der Waals surface area contributed by atoms with Gasteiger partial charge in [0.2, 0.25) is 0 Å². The maximum atomic E-state index is 9.88. The molecule has 1 aromatic carbocycles. The van der Waals surface area contributed by atoms with Crippen molar-refractivity contribution in [3.8, 4) is 0 Å². The Bertz CT molecular complexity index is 320. The number of rotatable bonds is 4. The van der Waals surface area contributed by atoms with E-state index in [1.165, 1.54) is 29.7 Å². The first-order valence-electron chi connectivity index (χ1n) is 5.63. The van der Waals surface area contributed by atoms with Crippen LogP contribution in [-0.2, 0) is 0 Å². The number of aliphatic hydroxyl groups excluding tert-OH is 1. The highest BCUT2D eigenvalue weighted by atomic mass is 32.2. The fourth-order valence-electron chi connectivity index (χ4n) is 1.85. The molecule has 2 heteroatoms. The van der Waals surface area contributed by atoms with Gasteiger partial charge in [0.1, 0.15) is 0 Å². The molecule has 1 aromatic rings. The lowest BCUT2D eigenvalue weighted by Crippen LogP contribution is -2.28. The average molecular weight is 222 g/mol. The van der Waals surface area contributed by atoms with Gasteiger partial charge < -0.3 is 5.11 Å². The van der Waals surface area contributed by atoms with Gasteiger partial charge in [-0.3, -0.25) is 0 Å². The van der Waals surface area contributed by atoms with Crippen LogP contribution in [0.15, 0.2) is 29.2 Å². The maximum absolute atomic E-state index is 9.88. The van der Waals surface area contributed by atoms with Gasteiger partial charge in [-0.2, -0.15) is 0 Å². The zero-order valence-electron chi connectivity index (χ0n) is 9.15. The number of aliphatic hydroxyl groups is 1. The van der Waals surface area contributed by atoms with Gasteiger partial charge in [-0.05, 0) is 37.8 Å². The number of thioether (sulfide) groups is 1. The second-order valence-corrected chi connectivity index (χ2v) is 5.48. The van der Waals surface area contributed by atoms with Crippen molar-refractivity contribution in [1.82, 2.24) is 0 Å². The van der Waals surface area contributed by atoms with Crippen molar-refractivity contribution in [1.29, 1.82) is 0 Å². The van der Waals surface area contributed by atoms with E-state index in [-0.39, 0.29) is 6.10 Å². The summed E-state index contributed by atoms with van der Waals surface area (Å²) in [5.74, 6) is 1.41. The Balaban J connectivity index is 1.81. The molecule has 1 nitrogen and oxygen atoms in total. The molecule has 0 aliphatic heterocycles. The van der Waals surface area contributed by atoms with Crippen molar-refractivity contribution in [3.05, 3.63) is 29.8 Å². The summed E-state index contributed by atoms with van der Waals surface area (Å²) in [6, 6.07) is 8.48. The van der Waals surface area contributed by atoms with E-state index in [1.54, 1.807) is 11.8 Å². The van der Waals surface area contributed by atoms with Gasteiger partial charge in [0, 0.05) is 10.6 Å². The largest absolute Gasteiger partial charge is 0.392 e. The standard InChI is InChI=1S/C13H18OS/c1-10-4-2-7-12(8-10)15-9-13(14)11-5-3-6-11/h2,4,7-8,11,13-14H,3,5-6,9H2,1H3. The molecular formula is C13H18OS. The SMILES string of the molecule is Cc1cccc(SCC(O)C2CCC2)c1. The molecule has 1 saturated carbocycles. The lowest BCUT2D eigenvalue weighted by atomic mass is 9.82. The fourth-order valence-corrected chi connectivity index (χ4v) is 2.93. The normalized spacial score (nSPS) is 18.5. The molecule has 0 amide bonds. The molecule has 82 valence electrons. The minimum Gasteiger partial charge on any atom is -0.392 e. The van der Waals surface area contributed by atoms with Crippen LogP contribution in [0.2, 0.25) is 0 Å². The molecule has 1 N–H and O–H groups in total. The Morgan fingerprint density at radius 1 is 1.47 bits per heavy atom. The molecule has 1 aliphatic rings. The molecule has 0 aromatic heterocycles. The third-order valence-corrected chi connectivity index (χ3v) is 4.20.